The lowest BCUT2D eigenvalue weighted by Gasteiger charge is -2.23. The Morgan fingerprint density at radius 3 is 2.68 bits per heavy atom. The summed E-state index contributed by atoms with van der Waals surface area (Å²) in [6, 6.07) is 9.89. The van der Waals surface area contributed by atoms with Gasteiger partial charge >= 0.3 is 0 Å². The summed E-state index contributed by atoms with van der Waals surface area (Å²) >= 11 is 3.51. The van der Waals surface area contributed by atoms with Crippen molar-refractivity contribution in [3.8, 4) is 0 Å². The van der Waals surface area contributed by atoms with Gasteiger partial charge in [-0.2, -0.15) is 0 Å². The van der Waals surface area contributed by atoms with Gasteiger partial charge in [0.1, 0.15) is 5.76 Å². The smallest absolute Gasteiger partial charge is 0.123 e. The molecular formula is C15H18BrNO2. The number of rotatable bonds is 5. The van der Waals surface area contributed by atoms with Crippen molar-refractivity contribution < 1.29 is 9.52 Å². The summed E-state index contributed by atoms with van der Waals surface area (Å²) in [5.74, 6) is 0.942. The van der Waals surface area contributed by atoms with Gasteiger partial charge < -0.3 is 14.4 Å². The molecule has 0 fully saturated rings. The Bertz CT molecular complexity index is 523. The van der Waals surface area contributed by atoms with Crippen molar-refractivity contribution in [3.05, 3.63) is 52.4 Å². The van der Waals surface area contributed by atoms with Gasteiger partial charge in [0, 0.05) is 16.7 Å². The molecule has 1 aromatic heterocycles. The van der Waals surface area contributed by atoms with Gasteiger partial charge in [0.15, 0.2) is 0 Å². The van der Waals surface area contributed by atoms with E-state index in [0.717, 1.165) is 34.6 Å². The highest BCUT2D eigenvalue weighted by Gasteiger charge is 2.11. The van der Waals surface area contributed by atoms with Gasteiger partial charge in [-0.05, 0) is 43.7 Å². The first-order valence-electron chi connectivity index (χ1n) is 6.36. The van der Waals surface area contributed by atoms with Crippen LogP contribution in [0.25, 0.3) is 0 Å². The summed E-state index contributed by atoms with van der Waals surface area (Å²) in [5, 5.41) is 9.64. The number of nitrogens with zero attached hydrogens (tertiary/aromatic N) is 1. The van der Waals surface area contributed by atoms with E-state index in [1.165, 1.54) is 0 Å². The number of benzene rings is 1. The zero-order chi connectivity index (χ0) is 13.8. The van der Waals surface area contributed by atoms with E-state index in [1.54, 1.807) is 13.2 Å². The normalized spacial score (nSPS) is 12.4. The third-order valence-electron chi connectivity index (χ3n) is 3.11. The number of aliphatic hydroxyl groups is 1. The highest BCUT2D eigenvalue weighted by atomic mass is 79.9. The zero-order valence-electron chi connectivity index (χ0n) is 11.1. The van der Waals surface area contributed by atoms with Gasteiger partial charge in [0.25, 0.3) is 0 Å². The standard InChI is InChI=1S/C15H18BrNO2/c1-3-17(10-13-5-4-8-19-13)12-6-7-14(11(2)18)15(16)9-12/h4-9,11,18H,3,10H2,1-2H3. The Morgan fingerprint density at radius 2 is 2.16 bits per heavy atom. The van der Waals surface area contributed by atoms with E-state index in [0.29, 0.717) is 0 Å². The summed E-state index contributed by atoms with van der Waals surface area (Å²) in [5.41, 5.74) is 2.01. The van der Waals surface area contributed by atoms with Gasteiger partial charge in [-0.3, -0.25) is 0 Å². The van der Waals surface area contributed by atoms with Gasteiger partial charge in [-0.1, -0.05) is 22.0 Å². The molecule has 0 saturated heterocycles. The van der Waals surface area contributed by atoms with Crippen LogP contribution in [0, 0.1) is 0 Å². The molecule has 19 heavy (non-hydrogen) atoms. The SMILES string of the molecule is CCN(Cc1ccco1)c1ccc(C(C)O)c(Br)c1. The lowest BCUT2D eigenvalue weighted by Crippen LogP contribution is -2.21. The van der Waals surface area contributed by atoms with Crippen molar-refractivity contribution in [1.29, 1.82) is 0 Å². The Kier molecular flexibility index (Phi) is 4.66. The van der Waals surface area contributed by atoms with Crippen molar-refractivity contribution in [2.75, 3.05) is 11.4 Å². The van der Waals surface area contributed by atoms with E-state index in [-0.39, 0.29) is 0 Å². The molecule has 102 valence electrons. The molecule has 1 aromatic carbocycles. The van der Waals surface area contributed by atoms with Crippen molar-refractivity contribution in [1.82, 2.24) is 0 Å². The molecule has 3 nitrogen and oxygen atoms in total. The van der Waals surface area contributed by atoms with Crippen molar-refractivity contribution in [3.63, 3.8) is 0 Å². The van der Waals surface area contributed by atoms with Gasteiger partial charge in [-0.15, -0.1) is 0 Å². The van der Waals surface area contributed by atoms with E-state index in [2.05, 4.69) is 27.8 Å². The lowest BCUT2D eigenvalue weighted by molar-refractivity contribution is 0.198. The van der Waals surface area contributed by atoms with Crippen LogP contribution < -0.4 is 4.90 Å². The Labute approximate surface area is 122 Å². The highest BCUT2D eigenvalue weighted by Crippen LogP contribution is 2.28. The van der Waals surface area contributed by atoms with Crippen LogP contribution in [-0.2, 0) is 6.54 Å². The second-order valence-electron chi connectivity index (χ2n) is 4.48. The third-order valence-corrected chi connectivity index (χ3v) is 3.79. The first-order valence-corrected chi connectivity index (χ1v) is 7.16. The molecule has 2 rings (SSSR count). The van der Waals surface area contributed by atoms with E-state index in [1.807, 2.05) is 30.3 Å². The van der Waals surface area contributed by atoms with Crippen molar-refractivity contribution in [2.45, 2.75) is 26.5 Å². The molecule has 2 aromatic rings. The number of hydrogen-bond acceptors (Lipinski definition) is 3. The average molecular weight is 324 g/mol. The largest absolute Gasteiger partial charge is 0.467 e. The van der Waals surface area contributed by atoms with Crippen LogP contribution in [0.1, 0.15) is 31.3 Å². The van der Waals surface area contributed by atoms with Crippen LogP contribution in [-0.4, -0.2) is 11.7 Å². The quantitative estimate of drug-likeness (QED) is 0.899. The Morgan fingerprint density at radius 1 is 1.37 bits per heavy atom. The molecule has 1 unspecified atom stereocenters. The fraction of sp³-hybridized carbons (Fsp3) is 0.333. The van der Waals surface area contributed by atoms with Crippen LogP contribution in [0.3, 0.4) is 0 Å². The Hall–Kier alpha value is -1.26. The maximum atomic E-state index is 9.64. The maximum absolute atomic E-state index is 9.64. The summed E-state index contributed by atoms with van der Waals surface area (Å²) in [6.45, 7) is 5.50. The van der Waals surface area contributed by atoms with Crippen LogP contribution in [0.5, 0.6) is 0 Å². The molecule has 4 heteroatoms. The van der Waals surface area contributed by atoms with Crippen molar-refractivity contribution >= 4 is 21.6 Å². The van der Waals surface area contributed by atoms with Crippen LogP contribution in [0.4, 0.5) is 5.69 Å². The number of aliphatic hydroxyl groups excluding tert-OH is 1. The van der Waals surface area contributed by atoms with E-state index >= 15 is 0 Å². The summed E-state index contributed by atoms with van der Waals surface area (Å²) in [7, 11) is 0. The molecule has 0 saturated carbocycles. The topological polar surface area (TPSA) is 36.6 Å². The molecule has 0 aliphatic rings. The van der Waals surface area contributed by atoms with E-state index in [4.69, 9.17) is 4.42 Å². The molecule has 0 amide bonds. The first kappa shape index (κ1) is 14.2. The molecule has 1 heterocycles. The third kappa shape index (κ3) is 3.39. The molecule has 0 radical (unpaired) electrons. The molecule has 1 N–H and O–H groups in total. The molecule has 0 aliphatic carbocycles. The summed E-state index contributed by atoms with van der Waals surface area (Å²) in [4.78, 5) is 2.22. The minimum atomic E-state index is -0.469. The minimum Gasteiger partial charge on any atom is -0.467 e. The van der Waals surface area contributed by atoms with Crippen molar-refractivity contribution in [2.24, 2.45) is 0 Å². The predicted octanol–water partition coefficient (Wildman–Crippen LogP) is 4.12. The number of anilines is 1. The molecule has 0 spiro atoms. The number of furan rings is 1. The molecular weight excluding hydrogens is 306 g/mol. The fourth-order valence-corrected chi connectivity index (χ4v) is 2.73. The summed E-state index contributed by atoms with van der Waals surface area (Å²) in [6.07, 6.45) is 1.22. The van der Waals surface area contributed by atoms with Gasteiger partial charge in [0.2, 0.25) is 0 Å². The fourth-order valence-electron chi connectivity index (χ4n) is 2.03. The number of halogens is 1. The van der Waals surface area contributed by atoms with Crippen LogP contribution in [0.2, 0.25) is 0 Å². The second kappa shape index (κ2) is 6.26. The van der Waals surface area contributed by atoms with E-state index in [9.17, 15) is 5.11 Å². The Balaban J connectivity index is 2.21. The van der Waals surface area contributed by atoms with Crippen LogP contribution >= 0.6 is 15.9 Å². The average Bonchev–Trinajstić information content (AvgIpc) is 2.88. The van der Waals surface area contributed by atoms with E-state index < -0.39 is 6.10 Å². The number of hydrogen-bond donors (Lipinski definition) is 1. The molecule has 0 bridgehead atoms. The highest BCUT2D eigenvalue weighted by molar-refractivity contribution is 9.10. The maximum Gasteiger partial charge on any atom is 0.123 e. The van der Waals surface area contributed by atoms with Gasteiger partial charge in [0.05, 0.1) is 18.9 Å². The predicted molar refractivity (Wildman–Crippen MR) is 80.2 cm³/mol. The lowest BCUT2D eigenvalue weighted by atomic mass is 10.1. The zero-order valence-corrected chi connectivity index (χ0v) is 12.7. The molecule has 0 aliphatic heterocycles. The first-order chi connectivity index (χ1) is 9.11. The second-order valence-corrected chi connectivity index (χ2v) is 5.33. The minimum absolute atomic E-state index is 0.469. The summed E-state index contributed by atoms with van der Waals surface area (Å²) < 4.78 is 6.31. The monoisotopic (exact) mass is 323 g/mol. The van der Waals surface area contributed by atoms with Crippen LogP contribution in [0.15, 0.2) is 45.5 Å². The van der Waals surface area contributed by atoms with Gasteiger partial charge in [-0.25, -0.2) is 0 Å². The molecule has 1 atom stereocenters.